The highest BCUT2D eigenvalue weighted by Crippen LogP contribution is 2.31. The molecule has 0 saturated heterocycles. The number of hydrogen-bond donors (Lipinski definition) is 1. The minimum absolute atomic E-state index is 0.0739. The average Bonchev–Trinajstić information content (AvgIpc) is 2.38. The largest absolute Gasteiger partial charge is 0.496 e. The molecule has 0 unspecified atom stereocenters. The first-order valence-corrected chi connectivity index (χ1v) is 5.59. The van der Waals surface area contributed by atoms with Gasteiger partial charge in [0.2, 0.25) is 0 Å². The Bertz CT molecular complexity index is 392. The lowest BCUT2D eigenvalue weighted by Crippen LogP contribution is -2.20. The molecule has 5 heteroatoms. The normalized spacial score (nSPS) is 10.2. The van der Waals surface area contributed by atoms with E-state index in [1.54, 1.807) is 26.3 Å². The lowest BCUT2D eigenvalue weighted by Gasteiger charge is -2.14. The summed E-state index contributed by atoms with van der Waals surface area (Å²) in [7, 11) is 6.39. The van der Waals surface area contributed by atoms with Crippen molar-refractivity contribution in [2.24, 2.45) is 0 Å². The van der Waals surface area contributed by atoms with Crippen molar-refractivity contribution in [3.8, 4) is 11.5 Å². The number of hydrogen-bond acceptors (Lipinski definition) is 5. The van der Waals surface area contributed by atoms with Gasteiger partial charge in [-0.1, -0.05) is 0 Å². The van der Waals surface area contributed by atoms with Gasteiger partial charge in [-0.3, -0.25) is 4.79 Å². The van der Waals surface area contributed by atoms with Gasteiger partial charge in [0.15, 0.2) is 5.78 Å². The van der Waals surface area contributed by atoms with Gasteiger partial charge in [0.25, 0.3) is 0 Å². The number of methoxy groups -OCH3 is 3. The molecular weight excluding hydrogens is 234 g/mol. The summed E-state index contributed by atoms with van der Waals surface area (Å²) in [6.07, 6.45) is 0. The molecule has 0 atom stereocenters. The maximum Gasteiger partial charge on any atom is 0.184 e. The van der Waals surface area contributed by atoms with Gasteiger partial charge in [-0.05, 0) is 24.7 Å². The summed E-state index contributed by atoms with van der Waals surface area (Å²) in [5.41, 5.74) is 1.35. The van der Waals surface area contributed by atoms with E-state index in [0.29, 0.717) is 23.7 Å². The molecule has 0 aliphatic carbocycles. The van der Waals surface area contributed by atoms with Gasteiger partial charge < -0.3 is 19.5 Å². The SMILES string of the molecule is CNCC(=O)c1c(OC)cc(COC)cc1OC. The molecule has 0 heterocycles. The molecule has 1 rings (SSSR count). The van der Waals surface area contributed by atoms with E-state index in [2.05, 4.69) is 5.32 Å². The number of likely N-dealkylation sites (N-methyl/N-ethyl adjacent to an activating group) is 1. The Morgan fingerprint density at radius 2 is 1.72 bits per heavy atom. The molecule has 5 nitrogen and oxygen atoms in total. The van der Waals surface area contributed by atoms with Crippen molar-refractivity contribution in [3.05, 3.63) is 23.3 Å². The van der Waals surface area contributed by atoms with E-state index in [1.807, 2.05) is 0 Å². The van der Waals surface area contributed by atoms with Crippen LogP contribution in [0.15, 0.2) is 12.1 Å². The summed E-state index contributed by atoms with van der Waals surface area (Å²) < 4.78 is 15.6. The van der Waals surface area contributed by atoms with Crippen LogP contribution in [0.3, 0.4) is 0 Å². The molecule has 1 N–H and O–H groups in total. The van der Waals surface area contributed by atoms with E-state index in [9.17, 15) is 4.79 Å². The quantitative estimate of drug-likeness (QED) is 0.741. The first-order valence-electron chi connectivity index (χ1n) is 5.59. The summed E-state index contributed by atoms with van der Waals surface area (Å²) in [5.74, 6) is 0.929. The molecule has 0 aliphatic rings. The van der Waals surface area contributed by atoms with Crippen molar-refractivity contribution < 1.29 is 19.0 Å². The van der Waals surface area contributed by atoms with Gasteiger partial charge in [0.1, 0.15) is 17.1 Å². The van der Waals surface area contributed by atoms with Crippen LogP contribution in [0.2, 0.25) is 0 Å². The zero-order valence-electron chi connectivity index (χ0n) is 11.2. The van der Waals surface area contributed by atoms with Crippen LogP contribution in [0.25, 0.3) is 0 Å². The molecule has 18 heavy (non-hydrogen) atoms. The summed E-state index contributed by atoms with van der Waals surface area (Å²) >= 11 is 0. The second-order valence-corrected chi connectivity index (χ2v) is 3.76. The second-order valence-electron chi connectivity index (χ2n) is 3.76. The van der Waals surface area contributed by atoms with Gasteiger partial charge in [-0.15, -0.1) is 0 Å². The Morgan fingerprint density at radius 3 is 2.11 bits per heavy atom. The number of nitrogens with one attached hydrogen (secondary N) is 1. The van der Waals surface area contributed by atoms with Crippen LogP contribution in [0.4, 0.5) is 0 Å². The van der Waals surface area contributed by atoms with Gasteiger partial charge in [0.05, 0.1) is 27.4 Å². The monoisotopic (exact) mass is 253 g/mol. The summed E-state index contributed by atoms with van der Waals surface area (Å²) in [5, 5.41) is 2.82. The molecular formula is C13H19NO4. The lowest BCUT2D eigenvalue weighted by molar-refractivity contribution is 0.0987. The first-order chi connectivity index (χ1) is 8.67. The fourth-order valence-corrected chi connectivity index (χ4v) is 1.74. The lowest BCUT2D eigenvalue weighted by atomic mass is 10.0. The highest BCUT2D eigenvalue weighted by atomic mass is 16.5. The van der Waals surface area contributed by atoms with Crippen LogP contribution in [-0.4, -0.2) is 40.7 Å². The van der Waals surface area contributed by atoms with Crippen molar-refractivity contribution >= 4 is 5.78 Å². The molecule has 0 bridgehead atoms. The van der Waals surface area contributed by atoms with Gasteiger partial charge >= 0.3 is 0 Å². The number of carbonyl (C=O) groups is 1. The van der Waals surface area contributed by atoms with Gasteiger partial charge in [-0.25, -0.2) is 0 Å². The third kappa shape index (κ3) is 3.21. The van der Waals surface area contributed by atoms with E-state index in [1.165, 1.54) is 14.2 Å². The molecule has 0 aliphatic heterocycles. The Morgan fingerprint density at radius 1 is 1.17 bits per heavy atom. The predicted octanol–water partition coefficient (Wildman–Crippen LogP) is 1.25. The molecule has 0 saturated carbocycles. The number of ketones is 1. The fraction of sp³-hybridized carbons (Fsp3) is 0.462. The minimum atomic E-state index is -0.0739. The highest BCUT2D eigenvalue weighted by molar-refractivity contribution is 6.02. The van der Waals surface area contributed by atoms with E-state index >= 15 is 0 Å². The minimum Gasteiger partial charge on any atom is -0.496 e. The summed E-state index contributed by atoms with van der Waals surface area (Å²) in [6, 6.07) is 3.57. The molecule has 0 aromatic heterocycles. The number of carbonyl (C=O) groups excluding carboxylic acids is 1. The van der Waals surface area contributed by atoms with E-state index in [4.69, 9.17) is 14.2 Å². The zero-order valence-corrected chi connectivity index (χ0v) is 11.2. The smallest absolute Gasteiger partial charge is 0.184 e. The van der Waals surface area contributed by atoms with E-state index < -0.39 is 0 Å². The van der Waals surface area contributed by atoms with Crippen molar-refractivity contribution in [2.75, 3.05) is 34.9 Å². The Labute approximate surface area is 107 Å². The van der Waals surface area contributed by atoms with Crippen molar-refractivity contribution in [1.82, 2.24) is 5.32 Å². The summed E-state index contributed by atoms with van der Waals surface area (Å²) in [6.45, 7) is 0.670. The molecule has 0 fully saturated rings. The van der Waals surface area contributed by atoms with Crippen LogP contribution in [0.5, 0.6) is 11.5 Å². The standard InChI is InChI=1S/C13H19NO4/c1-14-7-10(15)13-11(17-3)5-9(8-16-2)6-12(13)18-4/h5-6,14H,7-8H2,1-4H3. The van der Waals surface area contributed by atoms with Crippen LogP contribution in [0, 0.1) is 0 Å². The third-order valence-corrected chi connectivity index (χ3v) is 2.49. The molecule has 0 spiro atoms. The van der Waals surface area contributed by atoms with Crippen LogP contribution < -0.4 is 14.8 Å². The second kappa shape index (κ2) is 6.98. The van der Waals surface area contributed by atoms with Crippen molar-refractivity contribution in [1.29, 1.82) is 0 Å². The molecule has 0 amide bonds. The third-order valence-electron chi connectivity index (χ3n) is 2.49. The highest BCUT2D eigenvalue weighted by Gasteiger charge is 2.19. The molecule has 1 aromatic carbocycles. The maximum atomic E-state index is 12.0. The number of ether oxygens (including phenoxy) is 3. The number of rotatable bonds is 7. The van der Waals surface area contributed by atoms with E-state index in [0.717, 1.165) is 5.56 Å². The van der Waals surface area contributed by atoms with Crippen LogP contribution in [0.1, 0.15) is 15.9 Å². The Hall–Kier alpha value is -1.59. The van der Waals surface area contributed by atoms with Gasteiger partial charge in [-0.2, -0.15) is 0 Å². The summed E-state index contributed by atoms with van der Waals surface area (Å²) in [4.78, 5) is 12.0. The van der Waals surface area contributed by atoms with Crippen molar-refractivity contribution in [3.63, 3.8) is 0 Å². The average molecular weight is 253 g/mol. The molecule has 1 aromatic rings. The Balaban J connectivity index is 3.25. The number of benzene rings is 1. The Kier molecular flexibility index (Phi) is 5.61. The van der Waals surface area contributed by atoms with Crippen molar-refractivity contribution in [2.45, 2.75) is 6.61 Å². The zero-order chi connectivity index (χ0) is 13.5. The van der Waals surface area contributed by atoms with E-state index in [-0.39, 0.29) is 12.3 Å². The molecule has 0 radical (unpaired) electrons. The predicted molar refractivity (Wildman–Crippen MR) is 68.5 cm³/mol. The van der Waals surface area contributed by atoms with Gasteiger partial charge in [0, 0.05) is 7.11 Å². The topological polar surface area (TPSA) is 56.8 Å². The van der Waals surface area contributed by atoms with Crippen LogP contribution >= 0.6 is 0 Å². The van der Waals surface area contributed by atoms with Crippen LogP contribution in [-0.2, 0) is 11.3 Å². The molecule has 100 valence electrons. The number of Topliss-reactive ketones (excluding diaryl/α,β-unsaturated/α-hetero) is 1. The fourth-order valence-electron chi connectivity index (χ4n) is 1.74. The maximum absolute atomic E-state index is 12.0. The first kappa shape index (κ1) is 14.5.